The first kappa shape index (κ1) is 10.0. The minimum absolute atomic E-state index is 0.201. The maximum atomic E-state index is 11.7. The van der Waals surface area contributed by atoms with Crippen LogP contribution in [0.1, 0.15) is 12.5 Å². The lowest BCUT2D eigenvalue weighted by Gasteiger charge is -2.07. The molecule has 5 heteroatoms. The molecule has 0 saturated heterocycles. The van der Waals surface area contributed by atoms with Gasteiger partial charge in [0.25, 0.3) is 5.56 Å². The molecule has 2 aromatic heterocycles. The van der Waals surface area contributed by atoms with E-state index in [1.165, 1.54) is 0 Å². The van der Waals surface area contributed by atoms with Crippen molar-refractivity contribution < 1.29 is 0 Å². The fourth-order valence-electron chi connectivity index (χ4n) is 2.10. The molecule has 1 aliphatic heterocycles. The van der Waals surface area contributed by atoms with Crippen molar-refractivity contribution >= 4 is 28.7 Å². The van der Waals surface area contributed by atoms with E-state index < -0.39 is 0 Å². The monoisotopic (exact) mass is 228 g/mol. The molecule has 0 radical (unpaired) electrons. The summed E-state index contributed by atoms with van der Waals surface area (Å²) in [5, 5.41) is 4.85. The maximum absolute atomic E-state index is 11.7. The Morgan fingerprint density at radius 3 is 3.06 bits per heavy atom. The predicted octanol–water partition coefficient (Wildman–Crippen LogP) is 1.81. The number of nitrogens with zero attached hydrogens (tertiary/aromatic N) is 3. The number of aryl methyl sites for hydroxylation is 2. The molecule has 0 fully saturated rings. The third-order valence-electron chi connectivity index (χ3n) is 2.97. The molecule has 1 N–H and O–H groups in total. The van der Waals surface area contributed by atoms with Gasteiger partial charge < -0.3 is 9.88 Å². The smallest absolute Gasteiger partial charge is 0.274 e. The number of aromatic nitrogens is 2. The van der Waals surface area contributed by atoms with Crippen LogP contribution < -0.4 is 10.9 Å². The first-order valence-corrected chi connectivity index (χ1v) is 5.54. The highest BCUT2D eigenvalue weighted by molar-refractivity contribution is 6.06. The SMILES string of the molecule is CCn1cc2cc(C)c(=O)nc3c2c1N=CN3. The topological polar surface area (TPSA) is 59.3 Å². The van der Waals surface area contributed by atoms with Crippen LogP contribution >= 0.6 is 0 Å². The van der Waals surface area contributed by atoms with E-state index in [0.29, 0.717) is 11.4 Å². The van der Waals surface area contributed by atoms with Gasteiger partial charge in [0, 0.05) is 23.7 Å². The molecule has 0 aliphatic carbocycles. The number of aliphatic imine (C=N–C) groups is 1. The molecule has 0 atom stereocenters. The van der Waals surface area contributed by atoms with Gasteiger partial charge >= 0.3 is 0 Å². The Morgan fingerprint density at radius 1 is 1.47 bits per heavy atom. The molecule has 0 bridgehead atoms. The summed E-state index contributed by atoms with van der Waals surface area (Å²) < 4.78 is 2.05. The molecule has 0 unspecified atom stereocenters. The average molecular weight is 228 g/mol. The molecule has 2 aromatic rings. The largest absolute Gasteiger partial charge is 0.332 e. The van der Waals surface area contributed by atoms with E-state index in [1.807, 2.05) is 12.3 Å². The van der Waals surface area contributed by atoms with Gasteiger partial charge in [-0.15, -0.1) is 0 Å². The van der Waals surface area contributed by atoms with Crippen LogP contribution in [0.25, 0.3) is 10.8 Å². The van der Waals surface area contributed by atoms with E-state index in [0.717, 1.165) is 23.1 Å². The molecule has 1 aliphatic rings. The molecule has 5 nitrogen and oxygen atoms in total. The lowest BCUT2D eigenvalue weighted by atomic mass is 10.2. The molecule has 0 aromatic carbocycles. The molecular formula is C12H12N4O. The Hall–Kier alpha value is -2.17. The molecule has 3 rings (SSSR count). The molecule has 17 heavy (non-hydrogen) atoms. The Kier molecular flexibility index (Phi) is 2.01. The van der Waals surface area contributed by atoms with Gasteiger partial charge in [-0.3, -0.25) is 4.79 Å². The van der Waals surface area contributed by atoms with Crippen molar-refractivity contribution in [3.8, 4) is 0 Å². The van der Waals surface area contributed by atoms with Crippen molar-refractivity contribution in [3.05, 3.63) is 28.2 Å². The standard InChI is InChI=1S/C12H12N4O/c1-3-16-5-8-4-7(2)12(17)15-10-9(8)11(16)14-6-13-10/h4-6H,3H2,1-2H3,(H,13,14,15,17). The Morgan fingerprint density at radius 2 is 2.29 bits per heavy atom. The minimum Gasteiger partial charge on any atom is -0.332 e. The summed E-state index contributed by atoms with van der Waals surface area (Å²) in [6.07, 6.45) is 3.58. The summed E-state index contributed by atoms with van der Waals surface area (Å²) in [6.45, 7) is 4.68. The second kappa shape index (κ2) is 3.41. The fraction of sp³-hybridized carbons (Fsp3) is 0.250. The second-order valence-electron chi connectivity index (χ2n) is 4.06. The number of hydrogen-bond donors (Lipinski definition) is 1. The van der Waals surface area contributed by atoms with Gasteiger partial charge in [-0.1, -0.05) is 0 Å². The van der Waals surface area contributed by atoms with E-state index in [4.69, 9.17) is 0 Å². The van der Waals surface area contributed by atoms with Crippen LogP contribution in [0.4, 0.5) is 11.6 Å². The Balaban J connectivity index is 2.54. The van der Waals surface area contributed by atoms with Crippen molar-refractivity contribution in [2.45, 2.75) is 20.4 Å². The van der Waals surface area contributed by atoms with Crippen molar-refractivity contribution in [2.24, 2.45) is 4.99 Å². The van der Waals surface area contributed by atoms with Crippen molar-refractivity contribution in [1.82, 2.24) is 9.55 Å². The van der Waals surface area contributed by atoms with Crippen LogP contribution in [0.3, 0.4) is 0 Å². The highest BCUT2D eigenvalue weighted by Crippen LogP contribution is 2.34. The second-order valence-corrected chi connectivity index (χ2v) is 4.06. The van der Waals surface area contributed by atoms with Crippen LogP contribution in [-0.2, 0) is 6.54 Å². The van der Waals surface area contributed by atoms with Crippen LogP contribution in [0.15, 0.2) is 22.1 Å². The summed E-state index contributed by atoms with van der Waals surface area (Å²) >= 11 is 0. The number of nitrogens with one attached hydrogen (secondary N) is 1. The Labute approximate surface area is 97.8 Å². The molecule has 0 spiro atoms. The molecule has 3 heterocycles. The highest BCUT2D eigenvalue weighted by Gasteiger charge is 2.15. The molecule has 0 amide bonds. The molecular weight excluding hydrogens is 216 g/mol. The van der Waals surface area contributed by atoms with Gasteiger partial charge in [0.05, 0.1) is 11.7 Å². The quantitative estimate of drug-likeness (QED) is 0.809. The first-order chi connectivity index (χ1) is 8.20. The van der Waals surface area contributed by atoms with E-state index in [1.54, 1.807) is 13.3 Å². The zero-order valence-corrected chi connectivity index (χ0v) is 9.69. The van der Waals surface area contributed by atoms with Crippen molar-refractivity contribution in [2.75, 3.05) is 5.32 Å². The Bertz CT molecular complexity index is 700. The van der Waals surface area contributed by atoms with Gasteiger partial charge in [-0.05, 0) is 19.9 Å². The number of hydrogen-bond acceptors (Lipinski definition) is 4. The maximum Gasteiger partial charge on any atom is 0.274 e. The van der Waals surface area contributed by atoms with Crippen LogP contribution in [0, 0.1) is 6.92 Å². The number of anilines is 1. The first-order valence-electron chi connectivity index (χ1n) is 5.54. The van der Waals surface area contributed by atoms with Crippen LogP contribution in [0.2, 0.25) is 0 Å². The van der Waals surface area contributed by atoms with Crippen LogP contribution in [-0.4, -0.2) is 15.9 Å². The third kappa shape index (κ3) is 1.35. The average Bonchev–Trinajstić information content (AvgIpc) is 2.62. The van der Waals surface area contributed by atoms with Crippen molar-refractivity contribution in [1.29, 1.82) is 0 Å². The zero-order valence-electron chi connectivity index (χ0n) is 9.69. The summed E-state index contributed by atoms with van der Waals surface area (Å²) in [5.41, 5.74) is 0.442. The van der Waals surface area contributed by atoms with Gasteiger partial charge in [0.1, 0.15) is 11.6 Å². The van der Waals surface area contributed by atoms with Crippen LogP contribution in [0.5, 0.6) is 0 Å². The van der Waals surface area contributed by atoms with Gasteiger partial charge in [0.2, 0.25) is 0 Å². The lowest BCUT2D eigenvalue weighted by Crippen LogP contribution is -2.10. The lowest BCUT2D eigenvalue weighted by molar-refractivity contribution is 0.775. The van der Waals surface area contributed by atoms with Gasteiger partial charge in [0.15, 0.2) is 0 Å². The summed E-state index contributed by atoms with van der Waals surface area (Å²) in [7, 11) is 0. The summed E-state index contributed by atoms with van der Waals surface area (Å²) in [5.74, 6) is 1.45. The van der Waals surface area contributed by atoms with E-state index in [2.05, 4.69) is 26.8 Å². The minimum atomic E-state index is -0.201. The molecule has 86 valence electrons. The third-order valence-corrected chi connectivity index (χ3v) is 2.97. The van der Waals surface area contributed by atoms with Gasteiger partial charge in [-0.25, -0.2) is 4.99 Å². The van der Waals surface area contributed by atoms with E-state index >= 15 is 0 Å². The highest BCUT2D eigenvalue weighted by atomic mass is 16.1. The molecule has 0 saturated carbocycles. The zero-order chi connectivity index (χ0) is 12.0. The van der Waals surface area contributed by atoms with E-state index in [-0.39, 0.29) is 5.56 Å². The van der Waals surface area contributed by atoms with Gasteiger partial charge in [-0.2, -0.15) is 4.98 Å². The van der Waals surface area contributed by atoms with Crippen molar-refractivity contribution in [3.63, 3.8) is 0 Å². The summed E-state index contributed by atoms with van der Waals surface area (Å²) in [6, 6.07) is 1.87. The normalized spacial score (nSPS) is 12.8. The van der Waals surface area contributed by atoms with E-state index in [9.17, 15) is 4.79 Å². The summed E-state index contributed by atoms with van der Waals surface area (Å²) in [4.78, 5) is 20.1. The number of rotatable bonds is 1. The fourth-order valence-corrected chi connectivity index (χ4v) is 2.10. The predicted molar refractivity (Wildman–Crippen MR) is 68.2 cm³/mol.